The average Bonchev–Trinajstić information content (AvgIpc) is 3.61. The molecular weight excluding hydrogens is 669 g/mol. The predicted octanol–water partition coefficient (Wildman–Crippen LogP) is 14.4. The van der Waals surface area contributed by atoms with Gasteiger partial charge in [0.2, 0.25) is 0 Å². The van der Waals surface area contributed by atoms with E-state index in [0.717, 1.165) is 55.7 Å². The molecule has 0 spiro atoms. The molecule has 0 bridgehead atoms. The lowest BCUT2D eigenvalue weighted by Crippen LogP contribution is -2.18. The zero-order chi connectivity index (χ0) is 37.3. The third-order valence-electron chi connectivity index (χ3n) is 11.5. The van der Waals surface area contributed by atoms with E-state index in [9.17, 15) is 0 Å². The van der Waals surface area contributed by atoms with E-state index in [2.05, 4.69) is 201 Å². The number of anilines is 2. The maximum atomic E-state index is 6.65. The Bertz CT molecular complexity index is 3030. The summed E-state index contributed by atoms with van der Waals surface area (Å²) in [4.78, 5) is 2.39. The van der Waals surface area contributed by atoms with Gasteiger partial charge in [-0.1, -0.05) is 136 Å². The minimum absolute atomic E-state index is 0.125. The highest BCUT2D eigenvalue weighted by molar-refractivity contribution is 6.27. The Kier molecular flexibility index (Phi) is 7.53. The Morgan fingerprint density at radius 1 is 0.600 bits per heavy atom. The second-order valence-electron chi connectivity index (χ2n) is 15.0. The summed E-state index contributed by atoms with van der Waals surface area (Å²) in [5.41, 5.74) is 15.8. The molecule has 0 atom stereocenters. The molecule has 0 saturated carbocycles. The highest BCUT2D eigenvalue weighted by Crippen LogP contribution is 2.50. The zero-order valence-corrected chi connectivity index (χ0v) is 31.3. The molecule has 9 aromatic rings. The SMILES string of the molecule is C=C/C=C(\C=C(/C)N(c1ccc(-c2ccccc2)cc1)c1ccc2c(c1)C(C)(C)c1ccccc1-2)n1c2cccc3oc4ccccc4c4cccc1c4c32. The lowest BCUT2D eigenvalue weighted by atomic mass is 9.82. The van der Waals surface area contributed by atoms with Crippen molar-refractivity contribution in [2.45, 2.75) is 26.2 Å². The lowest BCUT2D eigenvalue weighted by molar-refractivity contribution is 0.660. The summed E-state index contributed by atoms with van der Waals surface area (Å²) < 4.78 is 9.01. The number of hydrogen-bond acceptors (Lipinski definition) is 2. The van der Waals surface area contributed by atoms with Gasteiger partial charge in [-0.3, -0.25) is 0 Å². The number of allylic oxidation sites excluding steroid dienone is 5. The van der Waals surface area contributed by atoms with Gasteiger partial charge in [0.05, 0.1) is 16.4 Å². The molecule has 1 aliphatic carbocycles. The molecule has 0 aliphatic heterocycles. The summed E-state index contributed by atoms with van der Waals surface area (Å²) >= 11 is 0. The molecule has 2 heterocycles. The van der Waals surface area contributed by atoms with Crippen LogP contribution in [0.3, 0.4) is 0 Å². The van der Waals surface area contributed by atoms with Gasteiger partial charge in [-0.05, 0) is 106 Å². The van der Waals surface area contributed by atoms with Gasteiger partial charge in [0, 0.05) is 39.0 Å². The third kappa shape index (κ3) is 5.11. The minimum Gasteiger partial charge on any atom is -0.456 e. The Balaban J connectivity index is 1.18. The summed E-state index contributed by atoms with van der Waals surface area (Å²) in [6, 6.07) is 56.6. The standard InChI is InChI=1S/C52H40N2O/c1-5-15-38(54-46-22-13-20-43-42-19-10-12-24-48(42)55-49-25-14-23-47(54)51(49)50(43)46)32-34(2)53(37-28-26-36(27-29-37)35-16-7-6-8-17-35)39-30-31-41-40-18-9-11-21-44(40)52(3,4)45(41)33-39/h5-33H,1H2,2-4H3/b34-32+,38-15+. The summed E-state index contributed by atoms with van der Waals surface area (Å²) in [5, 5.41) is 4.56. The number of rotatable bonds is 7. The van der Waals surface area contributed by atoms with E-state index >= 15 is 0 Å². The fraction of sp³-hybridized carbons (Fsp3) is 0.0769. The molecule has 3 nitrogen and oxygen atoms in total. The van der Waals surface area contributed by atoms with Crippen LogP contribution in [0.15, 0.2) is 193 Å². The van der Waals surface area contributed by atoms with Crippen molar-refractivity contribution in [2.24, 2.45) is 0 Å². The maximum Gasteiger partial charge on any atom is 0.137 e. The molecule has 0 N–H and O–H groups in total. The van der Waals surface area contributed by atoms with E-state index in [4.69, 9.17) is 4.42 Å². The van der Waals surface area contributed by atoms with Gasteiger partial charge in [-0.2, -0.15) is 0 Å². The first-order valence-corrected chi connectivity index (χ1v) is 19.0. The number of nitrogens with zero attached hydrogens (tertiary/aromatic N) is 2. The molecule has 55 heavy (non-hydrogen) atoms. The molecule has 264 valence electrons. The van der Waals surface area contributed by atoms with Gasteiger partial charge in [-0.15, -0.1) is 0 Å². The molecule has 1 aliphatic rings. The Labute approximate surface area is 321 Å². The normalized spacial score (nSPS) is 13.8. The van der Waals surface area contributed by atoms with Crippen LogP contribution in [0.2, 0.25) is 0 Å². The van der Waals surface area contributed by atoms with Crippen molar-refractivity contribution in [1.29, 1.82) is 0 Å². The molecule has 7 aromatic carbocycles. The highest BCUT2D eigenvalue weighted by Gasteiger charge is 2.35. The van der Waals surface area contributed by atoms with Gasteiger partial charge in [0.1, 0.15) is 11.2 Å². The fourth-order valence-electron chi connectivity index (χ4n) is 8.97. The number of aromatic nitrogens is 1. The molecule has 0 radical (unpaired) electrons. The van der Waals surface area contributed by atoms with Crippen molar-refractivity contribution in [1.82, 2.24) is 4.57 Å². The van der Waals surface area contributed by atoms with Crippen LogP contribution in [0, 0.1) is 0 Å². The first-order valence-electron chi connectivity index (χ1n) is 19.0. The van der Waals surface area contributed by atoms with Gasteiger partial charge < -0.3 is 13.9 Å². The molecular formula is C52H40N2O. The van der Waals surface area contributed by atoms with Gasteiger partial charge >= 0.3 is 0 Å². The third-order valence-corrected chi connectivity index (χ3v) is 11.5. The second kappa shape index (κ2) is 12.6. The van der Waals surface area contributed by atoms with Crippen molar-refractivity contribution in [3.63, 3.8) is 0 Å². The fourth-order valence-corrected chi connectivity index (χ4v) is 8.97. The summed E-state index contributed by atoms with van der Waals surface area (Å²) in [5.74, 6) is 0. The van der Waals surface area contributed by atoms with E-state index in [1.807, 2.05) is 12.1 Å². The quantitative estimate of drug-likeness (QED) is 0.154. The molecule has 10 rings (SSSR count). The van der Waals surface area contributed by atoms with Gasteiger partial charge in [0.25, 0.3) is 0 Å². The smallest absolute Gasteiger partial charge is 0.137 e. The second-order valence-corrected chi connectivity index (χ2v) is 15.0. The predicted molar refractivity (Wildman–Crippen MR) is 233 cm³/mol. The van der Waals surface area contributed by atoms with Crippen molar-refractivity contribution < 1.29 is 4.42 Å². The van der Waals surface area contributed by atoms with Crippen LogP contribution in [-0.4, -0.2) is 4.57 Å². The van der Waals surface area contributed by atoms with E-state index < -0.39 is 0 Å². The Morgan fingerprint density at radius 3 is 2.05 bits per heavy atom. The number of para-hydroxylation sites is 1. The van der Waals surface area contributed by atoms with Crippen LogP contribution in [0.25, 0.3) is 71.7 Å². The molecule has 0 amide bonds. The summed E-state index contributed by atoms with van der Waals surface area (Å²) in [6.45, 7) is 11.1. The molecule has 0 unspecified atom stereocenters. The first-order chi connectivity index (χ1) is 26.9. The lowest BCUT2D eigenvalue weighted by Gasteiger charge is -2.29. The van der Waals surface area contributed by atoms with Gasteiger partial charge in [-0.25, -0.2) is 0 Å². The van der Waals surface area contributed by atoms with Crippen LogP contribution in [-0.2, 0) is 5.41 Å². The monoisotopic (exact) mass is 708 g/mol. The summed E-state index contributed by atoms with van der Waals surface area (Å²) in [6.07, 6.45) is 6.29. The number of fused-ring (bicyclic) bond motifs is 5. The van der Waals surface area contributed by atoms with Crippen LogP contribution in [0.4, 0.5) is 11.4 Å². The van der Waals surface area contributed by atoms with Gasteiger partial charge in [0.15, 0.2) is 0 Å². The molecule has 0 saturated heterocycles. The topological polar surface area (TPSA) is 21.3 Å². The average molecular weight is 709 g/mol. The van der Waals surface area contributed by atoms with E-state index in [0.29, 0.717) is 0 Å². The van der Waals surface area contributed by atoms with Crippen LogP contribution in [0.5, 0.6) is 0 Å². The van der Waals surface area contributed by atoms with Crippen molar-refractivity contribution in [3.8, 4) is 22.3 Å². The summed E-state index contributed by atoms with van der Waals surface area (Å²) in [7, 11) is 0. The highest BCUT2D eigenvalue weighted by atomic mass is 16.3. The zero-order valence-electron chi connectivity index (χ0n) is 31.3. The molecule has 3 heteroatoms. The van der Waals surface area contributed by atoms with Crippen molar-refractivity contribution in [2.75, 3.05) is 4.90 Å². The first kappa shape index (κ1) is 32.8. The van der Waals surface area contributed by atoms with E-state index in [1.165, 1.54) is 44.2 Å². The Hall–Kier alpha value is -6.84. The maximum absolute atomic E-state index is 6.65. The van der Waals surface area contributed by atoms with Crippen LogP contribution < -0.4 is 4.90 Å². The van der Waals surface area contributed by atoms with Crippen LogP contribution in [0.1, 0.15) is 31.9 Å². The van der Waals surface area contributed by atoms with E-state index in [-0.39, 0.29) is 5.41 Å². The number of benzene rings is 7. The van der Waals surface area contributed by atoms with Crippen LogP contribution >= 0.6 is 0 Å². The Morgan fingerprint density at radius 2 is 1.24 bits per heavy atom. The van der Waals surface area contributed by atoms with Crippen molar-refractivity contribution in [3.05, 3.63) is 199 Å². The minimum atomic E-state index is -0.125. The van der Waals surface area contributed by atoms with Crippen molar-refractivity contribution >= 4 is 60.8 Å². The molecule has 2 aromatic heterocycles. The largest absolute Gasteiger partial charge is 0.456 e. The number of hydrogen-bond donors (Lipinski definition) is 0. The molecule has 0 fully saturated rings. The van der Waals surface area contributed by atoms with E-state index in [1.54, 1.807) is 0 Å².